The molecular weight excluding hydrogens is 376 g/mol. The van der Waals surface area contributed by atoms with Crippen molar-refractivity contribution in [2.75, 3.05) is 13.2 Å². The van der Waals surface area contributed by atoms with Crippen LogP contribution in [0.1, 0.15) is 6.92 Å². The number of aliphatic hydroxyl groups is 7. The molecule has 0 aromatic rings. The first-order valence-corrected chi connectivity index (χ1v) is 8.13. The van der Waals surface area contributed by atoms with Gasteiger partial charge in [0.05, 0.1) is 13.2 Å². The predicted octanol–water partition coefficient (Wildman–Crippen LogP) is -4.89. The molecule has 13 nitrogen and oxygen atoms in total. The maximum atomic E-state index is 10.8. The molecule has 10 atom stereocenters. The van der Waals surface area contributed by atoms with Crippen molar-refractivity contribution in [3.63, 3.8) is 0 Å². The second-order valence-corrected chi connectivity index (χ2v) is 6.18. The van der Waals surface area contributed by atoms with E-state index in [-0.39, 0.29) is 0 Å². The van der Waals surface area contributed by atoms with Crippen LogP contribution in [0.3, 0.4) is 0 Å². The van der Waals surface area contributed by atoms with Gasteiger partial charge in [-0.3, -0.25) is 4.89 Å². The van der Waals surface area contributed by atoms with Crippen molar-refractivity contribution in [1.29, 1.82) is 0 Å². The molecule has 0 amide bonds. The van der Waals surface area contributed by atoms with Crippen molar-refractivity contribution >= 4 is 5.97 Å². The molecule has 0 aromatic carbocycles. The van der Waals surface area contributed by atoms with Gasteiger partial charge in [0.25, 0.3) is 0 Å². The fourth-order valence-corrected chi connectivity index (χ4v) is 2.75. The molecule has 0 unspecified atom stereocenters. The number of carbonyl (C=O) groups is 1. The monoisotopic (exact) mass is 400 g/mol. The average Bonchev–Trinajstić information content (AvgIpc) is 2.64. The Morgan fingerprint density at radius 3 is 1.93 bits per heavy atom. The van der Waals surface area contributed by atoms with E-state index < -0.39 is 80.6 Å². The third kappa shape index (κ3) is 4.90. The normalized spacial score (nSPS) is 45.5. The number of rotatable bonds is 6. The van der Waals surface area contributed by atoms with Crippen LogP contribution in [0, 0.1) is 0 Å². The summed E-state index contributed by atoms with van der Waals surface area (Å²) in [7, 11) is 0. The van der Waals surface area contributed by atoms with Crippen molar-refractivity contribution in [2.24, 2.45) is 0 Å². The Morgan fingerprint density at radius 1 is 0.815 bits per heavy atom. The minimum Gasteiger partial charge on any atom is -0.394 e. The van der Waals surface area contributed by atoms with Gasteiger partial charge in [-0.25, -0.2) is 4.79 Å². The average molecular weight is 400 g/mol. The van der Waals surface area contributed by atoms with E-state index >= 15 is 0 Å². The van der Waals surface area contributed by atoms with Gasteiger partial charge in [-0.2, -0.15) is 0 Å². The summed E-state index contributed by atoms with van der Waals surface area (Å²) < 4.78 is 15.7. The van der Waals surface area contributed by atoms with E-state index in [0.717, 1.165) is 6.92 Å². The van der Waals surface area contributed by atoms with Crippen molar-refractivity contribution in [3.05, 3.63) is 0 Å². The molecule has 158 valence electrons. The van der Waals surface area contributed by atoms with Gasteiger partial charge in [-0.1, -0.05) is 0 Å². The fourth-order valence-electron chi connectivity index (χ4n) is 2.75. The lowest BCUT2D eigenvalue weighted by Crippen LogP contribution is -2.64. The molecule has 0 saturated carbocycles. The highest BCUT2D eigenvalue weighted by Gasteiger charge is 2.51. The summed E-state index contributed by atoms with van der Waals surface area (Å²) in [5, 5.41) is 68.4. The number of aliphatic hydroxyl groups excluding tert-OH is 7. The van der Waals surface area contributed by atoms with Crippen LogP contribution in [0.4, 0.5) is 0 Å². The standard InChI is InChI=1S/C14H24O13/c1-4(17)26-27-14-11(22)9(20)12(6(3-16)24-14)25-13-10(21)8(19)7(18)5(2-15)23-13/h5-16,18-22H,2-3H2,1H3/t5-,6-,7-,8+,9-,10-,11-,12-,13-,14+/m1/s1. The maximum Gasteiger partial charge on any atom is 0.339 e. The molecule has 2 fully saturated rings. The molecule has 2 aliphatic heterocycles. The lowest BCUT2D eigenvalue weighted by Gasteiger charge is -2.45. The number of ether oxygens (including phenoxy) is 3. The summed E-state index contributed by atoms with van der Waals surface area (Å²) in [6.07, 6.45) is -15.9. The molecule has 0 spiro atoms. The highest BCUT2D eigenvalue weighted by molar-refractivity contribution is 5.65. The molecule has 13 heteroatoms. The third-order valence-electron chi connectivity index (χ3n) is 4.22. The minimum absolute atomic E-state index is 0.696. The Balaban J connectivity index is 2.09. The van der Waals surface area contributed by atoms with Crippen LogP contribution in [0.5, 0.6) is 0 Å². The summed E-state index contributed by atoms with van der Waals surface area (Å²) in [6.45, 7) is -0.398. The van der Waals surface area contributed by atoms with Crippen molar-refractivity contribution in [3.8, 4) is 0 Å². The zero-order chi connectivity index (χ0) is 20.3. The second-order valence-electron chi connectivity index (χ2n) is 6.18. The summed E-state index contributed by atoms with van der Waals surface area (Å²) in [5.74, 6) is -0.847. The molecular formula is C14H24O13. The van der Waals surface area contributed by atoms with Crippen molar-refractivity contribution in [2.45, 2.75) is 68.3 Å². The van der Waals surface area contributed by atoms with Crippen molar-refractivity contribution in [1.82, 2.24) is 0 Å². The molecule has 27 heavy (non-hydrogen) atoms. The summed E-state index contributed by atoms with van der Waals surface area (Å²) >= 11 is 0. The predicted molar refractivity (Wildman–Crippen MR) is 79.3 cm³/mol. The molecule has 0 radical (unpaired) electrons. The minimum atomic E-state index is -1.78. The molecule has 2 rings (SSSR count). The van der Waals surface area contributed by atoms with Gasteiger partial charge in [-0.05, 0) is 0 Å². The van der Waals surface area contributed by atoms with Gasteiger partial charge in [0.1, 0.15) is 48.8 Å². The highest BCUT2D eigenvalue weighted by Crippen LogP contribution is 2.29. The summed E-state index contributed by atoms with van der Waals surface area (Å²) in [4.78, 5) is 19.6. The Kier molecular flexibility index (Phi) is 7.84. The van der Waals surface area contributed by atoms with Crippen LogP contribution >= 0.6 is 0 Å². The van der Waals surface area contributed by atoms with E-state index in [0.29, 0.717) is 0 Å². The molecule has 7 N–H and O–H groups in total. The number of hydrogen-bond donors (Lipinski definition) is 7. The number of carbonyl (C=O) groups excluding carboxylic acids is 1. The van der Waals surface area contributed by atoms with E-state index in [2.05, 4.69) is 9.78 Å². The van der Waals surface area contributed by atoms with Gasteiger partial charge in [-0.15, -0.1) is 4.89 Å². The van der Waals surface area contributed by atoms with Gasteiger partial charge in [0.2, 0.25) is 6.29 Å². The Bertz CT molecular complexity index is 486. The van der Waals surface area contributed by atoms with Crippen LogP contribution in [0.25, 0.3) is 0 Å². The van der Waals surface area contributed by atoms with Crippen LogP contribution in [0.15, 0.2) is 0 Å². The van der Waals surface area contributed by atoms with Crippen LogP contribution in [-0.4, -0.2) is 116 Å². The van der Waals surface area contributed by atoms with E-state index in [1.807, 2.05) is 0 Å². The van der Waals surface area contributed by atoms with E-state index in [4.69, 9.17) is 14.2 Å². The molecule has 0 aromatic heterocycles. The Hall–Kier alpha value is -0.970. The van der Waals surface area contributed by atoms with E-state index in [1.165, 1.54) is 0 Å². The topological polar surface area (TPSA) is 205 Å². The van der Waals surface area contributed by atoms with E-state index in [9.17, 15) is 40.5 Å². The third-order valence-corrected chi connectivity index (χ3v) is 4.22. The zero-order valence-electron chi connectivity index (χ0n) is 14.3. The summed E-state index contributed by atoms with van der Waals surface area (Å²) in [5.41, 5.74) is 0. The zero-order valence-corrected chi connectivity index (χ0v) is 14.3. The smallest absolute Gasteiger partial charge is 0.339 e. The Labute approximate surface area is 153 Å². The molecule has 2 saturated heterocycles. The fraction of sp³-hybridized carbons (Fsp3) is 0.929. The van der Waals surface area contributed by atoms with Gasteiger partial charge >= 0.3 is 5.97 Å². The van der Waals surface area contributed by atoms with E-state index in [1.54, 1.807) is 0 Å². The number of hydrogen-bond acceptors (Lipinski definition) is 13. The van der Waals surface area contributed by atoms with Crippen molar-refractivity contribution < 1.29 is 64.5 Å². The second kappa shape index (κ2) is 9.49. The maximum absolute atomic E-state index is 10.8. The van der Waals surface area contributed by atoms with Gasteiger partial charge < -0.3 is 50.0 Å². The SMILES string of the molecule is CC(=O)OO[C@@H]1O[C@H](CO)[C@@H](O[C@H]2O[C@H](CO)[C@@H](O)[C@H](O)[C@H]2O)[C@H](O)[C@H]1O. The lowest BCUT2D eigenvalue weighted by atomic mass is 9.97. The van der Waals surface area contributed by atoms with Gasteiger partial charge in [0, 0.05) is 6.92 Å². The van der Waals surface area contributed by atoms with Crippen LogP contribution < -0.4 is 0 Å². The first kappa shape index (κ1) is 22.3. The molecule has 2 aliphatic rings. The van der Waals surface area contributed by atoms with Crippen LogP contribution in [-0.2, 0) is 28.8 Å². The molecule has 0 aliphatic carbocycles. The first-order chi connectivity index (χ1) is 12.7. The first-order valence-electron chi connectivity index (χ1n) is 8.13. The highest BCUT2D eigenvalue weighted by atomic mass is 17.2. The van der Waals surface area contributed by atoms with Crippen LogP contribution in [0.2, 0.25) is 0 Å². The molecule has 2 heterocycles. The van der Waals surface area contributed by atoms with Gasteiger partial charge in [0.15, 0.2) is 6.29 Å². The lowest BCUT2D eigenvalue weighted by molar-refractivity contribution is -0.416. The Morgan fingerprint density at radius 2 is 1.37 bits per heavy atom. The quantitative estimate of drug-likeness (QED) is 0.165. The molecule has 0 bridgehead atoms. The summed E-state index contributed by atoms with van der Waals surface area (Å²) in [6, 6.07) is 0. The largest absolute Gasteiger partial charge is 0.394 e.